The van der Waals surface area contributed by atoms with E-state index in [0.29, 0.717) is 5.75 Å². The zero-order valence-electron chi connectivity index (χ0n) is 12.0. The van der Waals surface area contributed by atoms with Crippen LogP contribution in [0, 0.1) is 0 Å². The minimum absolute atomic E-state index is 0.389. The maximum Gasteiger partial charge on any atom is 0.129 e. The zero-order chi connectivity index (χ0) is 14.4. The van der Waals surface area contributed by atoms with Gasteiger partial charge in [0.25, 0.3) is 0 Å². The fourth-order valence-electron chi connectivity index (χ4n) is 2.32. The summed E-state index contributed by atoms with van der Waals surface area (Å²) < 4.78 is 0. The van der Waals surface area contributed by atoms with E-state index in [0.717, 1.165) is 32.6 Å². The molecule has 2 aromatic rings. The van der Waals surface area contributed by atoms with Gasteiger partial charge in [-0.1, -0.05) is 49.4 Å². The van der Waals surface area contributed by atoms with Gasteiger partial charge in [0.1, 0.15) is 5.75 Å². The lowest BCUT2D eigenvalue weighted by molar-refractivity contribution is 0.462. The van der Waals surface area contributed by atoms with Crippen molar-refractivity contribution in [1.82, 2.24) is 0 Å². The van der Waals surface area contributed by atoms with Crippen LogP contribution in [0.15, 0.2) is 47.4 Å². The second-order valence-electron chi connectivity index (χ2n) is 4.58. The summed E-state index contributed by atoms with van der Waals surface area (Å²) in [5.41, 5.74) is 3.00. The number of benzene rings is 2. The van der Waals surface area contributed by atoms with Gasteiger partial charge < -0.3 is 5.11 Å². The fourth-order valence-corrected chi connectivity index (χ4v) is 5.01. The topological polar surface area (TPSA) is 20.2 Å². The summed E-state index contributed by atoms with van der Waals surface area (Å²) in [4.78, 5) is 0.977. The van der Waals surface area contributed by atoms with Gasteiger partial charge in [0, 0.05) is 4.90 Å². The molecular weight excluding hydrogens is 280 g/mol. The number of rotatable bonds is 6. The van der Waals surface area contributed by atoms with Crippen molar-refractivity contribution in [3.63, 3.8) is 0 Å². The van der Waals surface area contributed by atoms with Crippen molar-refractivity contribution >= 4 is 26.5 Å². The molecule has 0 aliphatic heterocycles. The van der Waals surface area contributed by atoms with Gasteiger partial charge in [0.05, 0.1) is 9.52 Å². The van der Waals surface area contributed by atoms with Crippen LogP contribution in [0.5, 0.6) is 5.75 Å². The van der Waals surface area contributed by atoms with Crippen LogP contribution < -0.4 is 5.19 Å². The Labute approximate surface area is 128 Å². The summed E-state index contributed by atoms with van der Waals surface area (Å²) >= 11 is 1.74. The molecule has 0 aromatic heterocycles. The highest BCUT2D eigenvalue weighted by Crippen LogP contribution is 2.27. The van der Waals surface area contributed by atoms with Gasteiger partial charge in [0.15, 0.2) is 0 Å². The molecule has 20 heavy (non-hydrogen) atoms. The summed E-state index contributed by atoms with van der Waals surface area (Å²) in [7, 11) is 0.783. The van der Waals surface area contributed by atoms with E-state index in [1.807, 2.05) is 18.2 Å². The Morgan fingerprint density at radius 1 is 1.00 bits per heavy atom. The highest BCUT2D eigenvalue weighted by Gasteiger charge is 2.07. The molecule has 1 N–H and O–H groups in total. The number of phenols is 1. The van der Waals surface area contributed by atoms with E-state index >= 15 is 0 Å². The lowest BCUT2D eigenvalue weighted by atomic mass is 10.0. The number of aryl methyl sites for hydroxylation is 1. The number of aromatic hydroxyl groups is 1. The first-order chi connectivity index (χ1) is 9.76. The van der Waals surface area contributed by atoms with Gasteiger partial charge in [0.2, 0.25) is 0 Å². The van der Waals surface area contributed by atoms with Crippen LogP contribution in [0.4, 0.5) is 0 Å². The molecule has 0 saturated carbocycles. The standard InChI is InChI=1S/C17H20OSSi/c1-3-13-8-7-11-17(14(13)4-2)20-12-19-16-10-6-5-9-15(16)18/h5-11,18H,3-4,12H2,1-2H3. The minimum Gasteiger partial charge on any atom is -0.507 e. The molecule has 0 unspecified atom stereocenters. The minimum atomic E-state index is 0.389. The van der Waals surface area contributed by atoms with Crippen LogP contribution in [-0.4, -0.2) is 20.0 Å². The Morgan fingerprint density at radius 3 is 2.50 bits per heavy atom. The van der Waals surface area contributed by atoms with Crippen LogP contribution in [-0.2, 0) is 12.8 Å². The average Bonchev–Trinajstić information content (AvgIpc) is 2.48. The Hall–Kier alpha value is -1.19. The molecule has 0 aliphatic rings. The molecule has 2 aromatic carbocycles. The van der Waals surface area contributed by atoms with Crippen LogP contribution >= 0.6 is 11.8 Å². The normalized spacial score (nSPS) is 10.7. The molecule has 0 heterocycles. The summed E-state index contributed by atoms with van der Waals surface area (Å²) in [6.45, 7) is 4.46. The van der Waals surface area contributed by atoms with Gasteiger partial charge in [-0.05, 0) is 41.5 Å². The lowest BCUT2D eigenvalue weighted by Gasteiger charge is -2.12. The predicted octanol–water partition coefficient (Wildman–Crippen LogP) is 3.60. The molecule has 0 fully saturated rings. The number of hydrogen-bond acceptors (Lipinski definition) is 2. The van der Waals surface area contributed by atoms with Crippen LogP contribution in [0.25, 0.3) is 0 Å². The van der Waals surface area contributed by atoms with Crippen LogP contribution in [0.2, 0.25) is 0 Å². The van der Waals surface area contributed by atoms with E-state index in [9.17, 15) is 5.11 Å². The molecule has 2 rings (SSSR count). The van der Waals surface area contributed by atoms with Gasteiger partial charge in [-0.25, -0.2) is 0 Å². The van der Waals surface area contributed by atoms with Gasteiger partial charge in [-0.15, -0.1) is 11.8 Å². The second kappa shape index (κ2) is 7.55. The smallest absolute Gasteiger partial charge is 0.129 e. The van der Waals surface area contributed by atoms with Gasteiger partial charge >= 0.3 is 0 Å². The fraction of sp³-hybridized carbons (Fsp3) is 0.294. The SMILES string of the molecule is CCc1cccc([Si]CSc2ccccc2O)c1CC. The van der Waals surface area contributed by atoms with Crippen molar-refractivity contribution in [3.05, 3.63) is 53.6 Å². The quantitative estimate of drug-likeness (QED) is 0.650. The number of phenolic OH excluding ortho intramolecular Hbond substituents is 1. The molecule has 3 heteroatoms. The second-order valence-corrected chi connectivity index (χ2v) is 7.36. The molecule has 0 bridgehead atoms. The Kier molecular flexibility index (Phi) is 5.74. The summed E-state index contributed by atoms with van der Waals surface area (Å²) in [6.07, 6.45) is 2.21. The molecule has 0 amide bonds. The van der Waals surface area contributed by atoms with E-state index < -0.39 is 0 Å². The monoisotopic (exact) mass is 300 g/mol. The number of thioether (sulfide) groups is 1. The summed E-state index contributed by atoms with van der Waals surface area (Å²) in [5, 5.41) is 12.3. The molecule has 1 nitrogen and oxygen atoms in total. The largest absolute Gasteiger partial charge is 0.507 e. The third-order valence-corrected chi connectivity index (χ3v) is 6.02. The van der Waals surface area contributed by atoms with E-state index in [1.165, 1.54) is 16.3 Å². The van der Waals surface area contributed by atoms with Crippen LogP contribution in [0.1, 0.15) is 25.0 Å². The number of para-hydroxylation sites is 1. The van der Waals surface area contributed by atoms with Crippen molar-refractivity contribution in [2.75, 3.05) is 5.38 Å². The molecule has 0 atom stereocenters. The van der Waals surface area contributed by atoms with Crippen molar-refractivity contribution < 1.29 is 5.11 Å². The first-order valence-electron chi connectivity index (χ1n) is 7.01. The Morgan fingerprint density at radius 2 is 1.80 bits per heavy atom. The van der Waals surface area contributed by atoms with Crippen molar-refractivity contribution in [2.24, 2.45) is 0 Å². The third-order valence-electron chi connectivity index (χ3n) is 3.36. The highest BCUT2D eigenvalue weighted by atomic mass is 32.2. The van der Waals surface area contributed by atoms with Gasteiger partial charge in [-0.2, -0.15) is 0 Å². The summed E-state index contributed by atoms with van der Waals surface area (Å²) in [5.74, 6) is 0.389. The van der Waals surface area contributed by atoms with Crippen molar-refractivity contribution in [1.29, 1.82) is 0 Å². The van der Waals surface area contributed by atoms with E-state index in [1.54, 1.807) is 17.8 Å². The summed E-state index contributed by atoms with van der Waals surface area (Å²) in [6, 6.07) is 14.2. The van der Waals surface area contributed by atoms with Crippen LogP contribution in [0.3, 0.4) is 0 Å². The predicted molar refractivity (Wildman–Crippen MR) is 89.4 cm³/mol. The molecule has 0 saturated heterocycles. The molecule has 104 valence electrons. The van der Waals surface area contributed by atoms with E-state index in [4.69, 9.17) is 0 Å². The highest BCUT2D eigenvalue weighted by molar-refractivity contribution is 8.00. The Bertz CT molecular complexity index is 569. The molecular formula is C17H20OSSi. The molecule has 0 spiro atoms. The average molecular weight is 300 g/mol. The van der Waals surface area contributed by atoms with E-state index in [2.05, 4.69) is 32.0 Å². The first kappa shape index (κ1) is 15.2. The third kappa shape index (κ3) is 3.67. The van der Waals surface area contributed by atoms with Gasteiger partial charge in [-0.3, -0.25) is 0 Å². The molecule has 2 radical (unpaired) electrons. The van der Waals surface area contributed by atoms with E-state index in [-0.39, 0.29) is 0 Å². The zero-order valence-corrected chi connectivity index (χ0v) is 13.8. The maximum absolute atomic E-state index is 9.77. The maximum atomic E-state index is 9.77. The van der Waals surface area contributed by atoms with Crippen molar-refractivity contribution in [3.8, 4) is 5.75 Å². The molecule has 0 aliphatic carbocycles. The van der Waals surface area contributed by atoms with Crippen molar-refractivity contribution in [2.45, 2.75) is 31.6 Å². The lowest BCUT2D eigenvalue weighted by Crippen LogP contribution is -2.22. The Balaban J connectivity index is 2.03. The first-order valence-corrected chi connectivity index (χ1v) is 9.21. The number of hydrogen-bond donors (Lipinski definition) is 1.